The Morgan fingerprint density at radius 3 is 2.60 bits per heavy atom. The Labute approximate surface area is 118 Å². The average molecular weight is 263 g/mol. The maximum atomic E-state index is 4.41. The number of aromatic nitrogens is 2. The summed E-state index contributed by atoms with van der Waals surface area (Å²) in [6.45, 7) is 4.21. The highest BCUT2D eigenvalue weighted by molar-refractivity contribution is 5.57. The minimum absolute atomic E-state index is 0.824. The van der Waals surface area contributed by atoms with Crippen LogP contribution in [0.2, 0.25) is 0 Å². The number of rotatable bonds is 3. The van der Waals surface area contributed by atoms with E-state index in [0.717, 1.165) is 17.3 Å². The third-order valence-corrected chi connectivity index (χ3v) is 3.29. The molecule has 0 aliphatic rings. The zero-order chi connectivity index (χ0) is 13.9. The van der Waals surface area contributed by atoms with E-state index in [-0.39, 0.29) is 0 Å². The van der Waals surface area contributed by atoms with Gasteiger partial charge in [0, 0.05) is 18.1 Å². The number of aryl methyl sites for hydroxylation is 2. The summed E-state index contributed by atoms with van der Waals surface area (Å²) in [6.07, 6.45) is 3.79. The first-order valence-electron chi connectivity index (χ1n) is 6.67. The number of hydrogen-bond donors (Lipinski definition) is 1. The maximum Gasteiger partial charge on any atom is 0.212 e. The summed E-state index contributed by atoms with van der Waals surface area (Å²) < 4.78 is 2.08. The second-order valence-corrected chi connectivity index (χ2v) is 4.90. The minimum atomic E-state index is 0.824. The Morgan fingerprint density at radius 2 is 1.80 bits per heavy atom. The number of anilines is 2. The SMILES string of the molecule is Cc1ccc(C)c(-n2ccnc2Nc2ccccc2)c1. The molecule has 3 rings (SSSR count). The molecule has 100 valence electrons. The van der Waals surface area contributed by atoms with Gasteiger partial charge in [0.1, 0.15) is 0 Å². The summed E-state index contributed by atoms with van der Waals surface area (Å²) in [5.74, 6) is 0.824. The Bertz CT molecular complexity index is 714. The van der Waals surface area contributed by atoms with E-state index < -0.39 is 0 Å². The quantitative estimate of drug-likeness (QED) is 0.766. The third kappa shape index (κ3) is 2.43. The van der Waals surface area contributed by atoms with Crippen LogP contribution in [0.3, 0.4) is 0 Å². The zero-order valence-corrected chi connectivity index (χ0v) is 11.7. The van der Waals surface area contributed by atoms with Gasteiger partial charge in [0.15, 0.2) is 0 Å². The Balaban J connectivity index is 2.00. The molecule has 3 heteroatoms. The van der Waals surface area contributed by atoms with E-state index in [1.54, 1.807) is 0 Å². The van der Waals surface area contributed by atoms with Crippen molar-refractivity contribution < 1.29 is 0 Å². The molecule has 0 amide bonds. The van der Waals surface area contributed by atoms with Crippen molar-refractivity contribution in [2.24, 2.45) is 0 Å². The first-order valence-corrected chi connectivity index (χ1v) is 6.67. The molecule has 3 nitrogen and oxygen atoms in total. The van der Waals surface area contributed by atoms with Gasteiger partial charge in [-0.1, -0.05) is 30.3 Å². The molecule has 3 aromatic rings. The van der Waals surface area contributed by atoms with E-state index in [0.29, 0.717) is 0 Å². The highest BCUT2D eigenvalue weighted by Gasteiger charge is 2.07. The number of hydrogen-bond acceptors (Lipinski definition) is 2. The molecule has 0 atom stereocenters. The second-order valence-electron chi connectivity index (χ2n) is 4.90. The second kappa shape index (κ2) is 5.21. The van der Waals surface area contributed by atoms with Gasteiger partial charge >= 0.3 is 0 Å². The van der Waals surface area contributed by atoms with Crippen LogP contribution in [-0.2, 0) is 0 Å². The first-order chi connectivity index (χ1) is 9.74. The molecule has 0 bridgehead atoms. The van der Waals surface area contributed by atoms with Crippen LogP contribution < -0.4 is 5.32 Å². The van der Waals surface area contributed by atoms with Crippen molar-refractivity contribution >= 4 is 11.6 Å². The van der Waals surface area contributed by atoms with Gasteiger partial charge < -0.3 is 5.32 Å². The molecule has 0 radical (unpaired) electrons. The summed E-state index contributed by atoms with van der Waals surface area (Å²) in [5.41, 5.74) is 4.65. The van der Waals surface area contributed by atoms with E-state index >= 15 is 0 Å². The normalized spacial score (nSPS) is 10.5. The van der Waals surface area contributed by atoms with Gasteiger partial charge in [-0.25, -0.2) is 4.98 Å². The molecular formula is C17H17N3. The van der Waals surface area contributed by atoms with E-state index in [4.69, 9.17) is 0 Å². The smallest absolute Gasteiger partial charge is 0.212 e. The lowest BCUT2D eigenvalue weighted by atomic mass is 10.1. The lowest BCUT2D eigenvalue weighted by molar-refractivity contribution is 1.04. The van der Waals surface area contributed by atoms with Crippen LogP contribution >= 0.6 is 0 Å². The molecule has 0 aliphatic heterocycles. The zero-order valence-electron chi connectivity index (χ0n) is 11.7. The fourth-order valence-corrected chi connectivity index (χ4v) is 2.22. The molecule has 1 aromatic heterocycles. The highest BCUT2D eigenvalue weighted by atomic mass is 15.2. The fourth-order valence-electron chi connectivity index (χ4n) is 2.22. The van der Waals surface area contributed by atoms with Crippen molar-refractivity contribution in [2.75, 3.05) is 5.32 Å². The average Bonchev–Trinajstić information content (AvgIpc) is 2.91. The van der Waals surface area contributed by atoms with Crippen LogP contribution in [0, 0.1) is 13.8 Å². The molecule has 0 fully saturated rings. The van der Waals surface area contributed by atoms with Crippen LogP contribution in [0.15, 0.2) is 60.9 Å². The van der Waals surface area contributed by atoms with Gasteiger partial charge in [-0.3, -0.25) is 4.57 Å². The van der Waals surface area contributed by atoms with E-state index in [1.165, 1.54) is 11.1 Å². The van der Waals surface area contributed by atoms with Crippen molar-refractivity contribution in [2.45, 2.75) is 13.8 Å². The summed E-state index contributed by atoms with van der Waals surface area (Å²) in [7, 11) is 0. The largest absolute Gasteiger partial charge is 0.325 e. The summed E-state index contributed by atoms with van der Waals surface area (Å²) in [6, 6.07) is 16.5. The number of para-hydroxylation sites is 1. The van der Waals surface area contributed by atoms with Crippen molar-refractivity contribution in [1.82, 2.24) is 9.55 Å². The van der Waals surface area contributed by atoms with Gasteiger partial charge in [0.2, 0.25) is 5.95 Å². The third-order valence-electron chi connectivity index (χ3n) is 3.29. The Kier molecular flexibility index (Phi) is 3.25. The fraction of sp³-hybridized carbons (Fsp3) is 0.118. The van der Waals surface area contributed by atoms with Gasteiger partial charge in [-0.05, 0) is 43.2 Å². The summed E-state index contributed by atoms with van der Waals surface area (Å²) >= 11 is 0. The lowest BCUT2D eigenvalue weighted by Crippen LogP contribution is -2.02. The number of benzene rings is 2. The molecular weight excluding hydrogens is 246 g/mol. The Hall–Kier alpha value is -2.55. The van der Waals surface area contributed by atoms with Crippen LogP contribution in [-0.4, -0.2) is 9.55 Å². The highest BCUT2D eigenvalue weighted by Crippen LogP contribution is 2.22. The lowest BCUT2D eigenvalue weighted by Gasteiger charge is -2.13. The van der Waals surface area contributed by atoms with Crippen LogP contribution in [0.4, 0.5) is 11.6 Å². The molecule has 20 heavy (non-hydrogen) atoms. The van der Waals surface area contributed by atoms with Gasteiger partial charge in [0.25, 0.3) is 0 Å². The van der Waals surface area contributed by atoms with Crippen molar-refractivity contribution in [1.29, 1.82) is 0 Å². The standard InChI is InChI=1S/C17H17N3/c1-13-8-9-14(2)16(12-13)20-11-10-18-17(20)19-15-6-4-3-5-7-15/h3-12H,1-2H3,(H,18,19). The van der Waals surface area contributed by atoms with E-state index in [9.17, 15) is 0 Å². The van der Waals surface area contributed by atoms with Crippen molar-refractivity contribution in [3.63, 3.8) is 0 Å². The molecule has 1 heterocycles. The number of nitrogens with one attached hydrogen (secondary N) is 1. The molecule has 0 spiro atoms. The number of imidazole rings is 1. The molecule has 1 N–H and O–H groups in total. The van der Waals surface area contributed by atoms with Crippen molar-refractivity contribution in [3.8, 4) is 5.69 Å². The van der Waals surface area contributed by atoms with Crippen molar-refractivity contribution in [3.05, 3.63) is 72.1 Å². The predicted molar refractivity (Wildman–Crippen MR) is 82.8 cm³/mol. The van der Waals surface area contributed by atoms with Gasteiger partial charge in [0.05, 0.1) is 5.69 Å². The number of nitrogens with zero attached hydrogens (tertiary/aromatic N) is 2. The molecule has 0 saturated carbocycles. The van der Waals surface area contributed by atoms with E-state index in [1.807, 2.05) is 42.7 Å². The van der Waals surface area contributed by atoms with E-state index in [2.05, 4.69) is 46.9 Å². The van der Waals surface area contributed by atoms with Crippen LogP contribution in [0.5, 0.6) is 0 Å². The summed E-state index contributed by atoms with van der Waals surface area (Å²) in [5, 5.41) is 3.35. The first kappa shape index (κ1) is 12.5. The predicted octanol–water partition coefficient (Wildman–Crippen LogP) is 4.23. The van der Waals surface area contributed by atoms with Gasteiger partial charge in [-0.2, -0.15) is 0 Å². The Morgan fingerprint density at radius 1 is 1.00 bits per heavy atom. The minimum Gasteiger partial charge on any atom is -0.325 e. The molecule has 2 aromatic carbocycles. The van der Waals surface area contributed by atoms with Gasteiger partial charge in [-0.15, -0.1) is 0 Å². The molecule has 0 unspecified atom stereocenters. The maximum absolute atomic E-state index is 4.41. The monoisotopic (exact) mass is 263 g/mol. The molecule has 0 saturated heterocycles. The van der Waals surface area contributed by atoms with Crippen LogP contribution in [0.1, 0.15) is 11.1 Å². The topological polar surface area (TPSA) is 29.9 Å². The summed E-state index contributed by atoms with van der Waals surface area (Å²) in [4.78, 5) is 4.41. The van der Waals surface area contributed by atoms with Crippen LogP contribution in [0.25, 0.3) is 5.69 Å². The molecule has 0 aliphatic carbocycles.